The second kappa shape index (κ2) is 8.76. The molecule has 1 aliphatic rings. The Bertz CT molecular complexity index is 693. The van der Waals surface area contributed by atoms with E-state index in [0.717, 1.165) is 16.1 Å². The number of hydrogen-bond donors (Lipinski definition) is 1. The average molecular weight is 377 g/mol. The number of nitrogens with one attached hydrogen (secondary N) is 1. The quantitative estimate of drug-likeness (QED) is 0.714. The topological polar surface area (TPSA) is 59.8 Å². The molecule has 134 valence electrons. The maximum Gasteiger partial charge on any atom is 0.234 e. The highest BCUT2D eigenvalue weighted by molar-refractivity contribution is 8.00. The molecule has 1 aromatic heterocycles. The Morgan fingerprint density at radius 1 is 1.28 bits per heavy atom. The molecule has 7 heteroatoms. The molecule has 0 radical (unpaired) electrons. The molecule has 1 aromatic carbocycles. The number of thioether (sulfide) groups is 2. The lowest BCUT2D eigenvalue weighted by molar-refractivity contribution is -0.113. The standard InChI is InChI=1S/C18H24N4OS2/c1-13(2)22-12-19-21-18(22)24-11-17(23)20-14-7-9-16(10-8-14)25-15-5-3-4-6-15/h7-10,12-13,15H,3-6,11H2,1-2H3,(H,20,23). The van der Waals surface area contributed by atoms with Gasteiger partial charge in [-0.05, 0) is 51.0 Å². The minimum Gasteiger partial charge on any atom is -0.325 e. The molecule has 0 aliphatic heterocycles. The third kappa shape index (κ3) is 5.25. The molecular formula is C18H24N4OS2. The summed E-state index contributed by atoms with van der Waals surface area (Å²) in [6, 6.07) is 8.44. The van der Waals surface area contributed by atoms with Crippen LogP contribution in [0, 0.1) is 0 Å². The van der Waals surface area contributed by atoms with E-state index in [-0.39, 0.29) is 11.9 Å². The molecule has 3 rings (SSSR count). The monoisotopic (exact) mass is 376 g/mol. The van der Waals surface area contributed by atoms with Crippen LogP contribution < -0.4 is 5.32 Å². The molecule has 25 heavy (non-hydrogen) atoms. The summed E-state index contributed by atoms with van der Waals surface area (Å²) < 4.78 is 1.97. The number of rotatable bonds is 7. The van der Waals surface area contributed by atoms with Gasteiger partial charge in [0.05, 0.1) is 5.75 Å². The lowest BCUT2D eigenvalue weighted by Gasteiger charge is -2.10. The van der Waals surface area contributed by atoms with Crippen LogP contribution in [-0.2, 0) is 4.79 Å². The smallest absolute Gasteiger partial charge is 0.234 e. The Labute approximate surface area is 157 Å². The number of nitrogens with zero attached hydrogens (tertiary/aromatic N) is 3. The number of anilines is 1. The lowest BCUT2D eigenvalue weighted by Crippen LogP contribution is -2.14. The molecular weight excluding hydrogens is 352 g/mol. The highest BCUT2D eigenvalue weighted by Gasteiger charge is 2.16. The highest BCUT2D eigenvalue weighted by atomic mass is 32.2. The van der Waals surface area contributed by atoms with Crippen molar-refractivity contribution in [2.45, 2.75) is 60.9 Å². The van der Waals surface area contributed by atoms with Gasteiger partial charge in [-0.2, -0.15) is 0 Å². The Morgan fingerprint density at radius 2 is 2.00 bits per heavy atom. The van der Waals surface area contributed by atoms with Crippen molar-refractivity contribution in [1.82, 2.24) is 14.8 Å². The molecule has 0 saturated heterocycles. The molecule has 0 atom stereocenters. The van der Waals surface area contributed by atoms with Crippen LogP contribution in [0.15, 0.2) is 40.6 Å². The van der Waals surface area contributed by atoms with E-state index in [0.29, 0.717) is 5.75 Å². The van der Waals surface area contributed by atoms with E-state index in [4.69, 9.17) is 0 Å². The Kier molecular flexibility index (Phi) is 6.42. The van der Waals surface area contributed by atoms with E-state index in [1.807, 2.05) is 28.5 Å². The minimum atomic E-state index is -0.0282. The fourth-order valence-corrected chi connectivity index (χ4v) is 4.92. The van der Waals surface area contributed by atoms with Crippen LogP contribution in [-0.4, -0.2) is 31.7 Å². The van der Waals surface area contributed by atoms with Gasteiger partial charge in [-0.25, -0.2) is 0 Å². The molecule has 0 bridgehead atoms. The van der Waals surface area contributed by atoms with E-state index in [9.17, 15) is 4.79 Å². The summed E-state index contributed by atoms with van der Waals surface area (Å²) in [5, 5.41) is 12.5. The normalized spacial score (nSPS) is 15.0. The fourth-order valence-electron chi connectivity index (χ4n) is 2.83. The molecule has 0 spiro atoms. The molecule has 1 saturated carbocycles. The van der Waals surface area contributed by atoms with Crippen molar-refractivity contribution >= 4 is 35.1 Å². The van der Waals surface area contributed by atoms with Crippen molar-refractivity contribution in [3.8, 4) is 0 Å². The average Bonchev–Trinajstić information content (AvgIpc) is 3.26. The van der Waals surface area contributed by atoms with Gasteiger partial charge in [0.15, 0.2) is 5.16 Å². The third-order valence-corrected chi connectivity index (χ3v) is 6.48. The number of benzene rings is 1. The third-order valence-electron chi connectivity index (χ3n) is 4.17. The first-order valence-electron chi connectivity index (χ1n) is 8.70. The molecule has 1 aliphatic carbocycles. The van der Waals surface area contributed by atoms with Gasteiger partial charge >= 0.3 is 0 Å². The largest absolute Gasteiger partial charge is 0.325 e. The van der Waals surface area contributed by atoms with Gasteiger partial charge in [0.25, 0.3) is 0 Å². The molecule has 1 fully saturated rings. The van der Waals surface area contributed by atoms with E-state index < -0.39 is 0 Å². The Hall–Kier alpha value is -1.47. The first kappa shape index (κ1) is 18.3. The van der Waals surface area contributed by atoms with Crippen molar-refractivity contribution in [2.75, 3.05) is 11.1 Å². The van der Waals surface area contributed by atoms with E-state index in [1.54, 1.807) is 6.33 Å². The predicted molar refractivity (Wildman–Crippen MR) is 104 cm³/mol. The van der Waals surface area contributed by atoms with Gasteiger partial charge in [-0.3, -0.25) is 4.79 Å². The molecule has 2 aromatic rings. The molecule has 1 N–H and O–H groups in total. The van der Waals surface area contributed by atoms with Gasteiger partial charge < -0.3 is 9.88 Å². The molecule has 0 unspecified atom stereocenters. The minimum absolute atomic E-state index is 0.0282. The van der Waals surface area contributed by atoms with Crippen LogP contribution in [0.1, 0.15) is 45.6 Å². The van der Waals surface area contributed by atoms with Crippen LogP contribution >= 0.6 is 23.5 Å². The van der Waals surface area contributed by atoms with Crippen molar-refractivity contribution < 1.29 is 4.79 Å². The zero-order chi connectivity index (χ0) is 17.6. The molecule has 1 amide bonds. The summed E-state index contributed by atoms with van der Waals surface area (Å²) in [5.74, 6) is 0.295. The Balaban J connectivity index is 1.48. The first-order valence-corrected chi connectivity index (χ1v) is 10.6. The van der Waals surface area contributed by atoms with Crippen LogP contribution in [0.4, 0.5) is 5.69 Å². The van der Waals surface area contributed by atoms with E-state index >= 15 is 0 Å². The number of carbonyl (C=O) groups excluding carboxylic acids is 1. The number of carbonyl (C=O) groups is 1. The van der Waals surface area contributed by atoms with Crippen molar-refractivity contribution in [1.29, 1.82) is 0 Å². The lowest BCUT2D eigenvalue weighted by atomic mass is 10.3. The van der Waals surface area contributed by atoms with E-state index in [1.165, 1.54) is 42.3 Å². The predicted octanol–water partition coefficient (Wildman–Crippen LogP) is 4.62. The number of aromatic nitrogens is 3. The summed E-state index contributed by atoms with van der Waals surface area (Å²) in [5.41, 5.74) is 0.840. The highest BCUT2D eigenvalue weighted by Crippen LogP contribution is 2.35. The molecule has 1 heterocycles. The number of hydrogen-bond acceptors (Lipinski definition) is 5. The zero-order valence-corrected chi connectivity index (χ0v) is 16.3. The Morgan fingerprint density at radius 3 is 2.68 bits per heavy atom. The second-order valence-corrected chi connectivity index (χ2v) is 8.82. The first-order chi connectivity index (χ1) is 12.1. The van der Waals surface area contributed by atoms with Crippen LogP contribution in [0.25, 0.3) is 0 Å². The fraction of sp³-hybridized carbons (Fsp3) is 0.500. The number of amides is 1. The van der Waals surface area contributed by atoms with Crippen LogP contribution in [0.2, 0.25) is 0 Å². The SMILES string of the molecule is CC(C)n1cnnc1SCC(=O)Nc1ccc(SC2CCCC2)cc1. The van der Waals surface area contributed by atoms with Crippen molar-refractivity contribution in [2.24, 2.45) is 0 Å². The summed E-state index contributed by atoms with van der Waals surface area (Å²) in [6.07, 6.45) is 7.05. The second-order valence-electron chi connectivity index (χ2n) is 6.50. The summed E-state index contributed by atoms with van der Waals surface area (Å²) in [6.45, 7) is 4.14. The van der Waals surface area contributed by atoms with Gasteiger partial charge in [0, 0.05) is 21.9 Å². The van der Waals surface area contributed by atoms with Crippen molar-refractivity contribution in [3.63, 3.8) is 0 Å². The van der Waals surface area contributed by atoms with Gasteiger partial charge in [0.1, 0.15) is 6.33 Å². The van der Waals surface area contributed by atoms with Gasteiger partial charge in [0.2, 0.25) is 5.91 Å². The van der Waals surface area contributed by atoms with Crippen LogP contribution in [0.3, 0.4) is 0 Å². The zero-order valence-electron chi connectivity index (χ0n) is 14.6. The summed E-state index contributed by atoms with van der Waals surface area (Å²) in [7, 11) is 0. The van der Waals surface area contributed by atoms with Gasteiger partial charge in [-0.15, -0.1) is 22.0 Å². The van der Waals surface area contributed by atoms with Crippen LogP contribution in [0.5, 0.6) is 0 Å². The maximum atomic E-state index is 12.2. The molecule has 5 nitrogen and oxygen atoms in total. The maximum absolute atomic E-state index is 12.2. The van der Waals surface area contributed by atoms with Gasteiger partial charge in [-0.1, -0.05) is 24.6 Å². The summed E-state index contributed by atoms with van der Waals surface area (Å²) >= 11 is 3.36. The summed E-state index contributed by atoms with van der Waals surface area (Å²) in [4.78, 5) is 13.4. The van der Waals surface area contributed by atoms with Crippen molar-refractivity contribution in [3.05, 3.63) is 30.6 Å². The van der Waals surface area contributed by atoms with E-state index in [2.05, 4.69) is 41.5 Å².